The lowest BCUT2D eigenvalue weighted by molar-refractivity contribution is -0.131. The molecule has 32 heavy (non-hydrogen) atoms. The standard InChI is InChI=1S/C21H19N7O4/c1-21(12-7-8-14-15(9-12)32-11-31-14)17(29)28(20(30)27-21)10-16-24-18(22)26-19(25-16)23-13-5-3-2-4-6-13/h2-9H,10-11H2,1H3,(H,27,30)(H3,22,23,24,25,26). The quantitative estimate of drug-likeness (QED) is 0.514. The van der Waals surface area contributed by atoms with E-state index in [1.807, 2.05) is 30.3 Å². The summed E-state index contributed by atoms with van der Waals surface area (Å²) >= 11 is 0. The molecule has 11 nitrogen and oxygen atoms in total. The number of nitrogens with zero attached hydrogens (tertiary/aromatic N) is 4. The molecular formula is C21H19N7O4. The third-order valence-corrected chi connectivity index (χ3v) is 5.25. The first-order chi connectivity index (χ1) is 15.4. The van der Waals surface area contributed by atoms with E-state index in [0.29, 0.717) is 17.1 Å². The van der Waals surface area contributed by atoms with E-state index < -0.39 is 17.5 Å². The number of nitrogens with one attached hydrogen (secondary N) is 2. The van der Waals surface area contributed by atoms with Crippen molar-refractivity contribution >= 4 is 29.5 Å². The molecule has 3 heterocycles. The first-order valence-electron chi connectivity index (χ1n) is 9.79. The molecular weight excluding hydrogens is 414 g/mol. The van der Waals surface area contributed by atoms with Gasteiger partial charge in [0.1, 0.15) is 5.54 Å². The van der Waals surface area contributed by atoms with Crippen LogP contribution in [0.4, 0.5) is 22.4 Å². The molecule has 2 aliphatic heterocycles. The molecule has 0 aliphatic carbocycles. The number of hydrogen-bond acceptors (Lipinski definition) is 9. The van der Waals surface area contributed by atoms with Gasteiger partial charge in [-0.2, -0.15) is 15.0 Å². The summed E-state index contributed by atoms with van der Waals surface area (Å²) in [6, 6.07) is 13.8. The number of carbonyl (C=O) groups excluding carboxylic acids is 2. The number of anilines is 3. The van der Waals surface area contributed by atoms with E-state index >= 15 is 0 Å². The van der Waals surface area contributed by atoms with Gasteiger partial charge in [-0.15, -0.1) is 0 Å². The fraction of sp³-hybridized carbons (Fsp3) is 0.190. The lowest BCUT2D eigenvalue weighted by Crippen LogP contribution is -2.40. The number of fused-ring (bicyclic) bond motifs is 1. The summed E-state index contributed by atoms with van der Waals surface area (Å²) < 4.78 is 10.7. The maximum Gasteiger partial charge on any atom is 0.325 e. The van der Waals surface area contributed by atoms with E-state index in [2.05, 4.69) is 25.6 Å². The summed E-state index contributed by atoms with van der Waals surface area (Å²) in [4.78, 5) is 39.4. The molecule has 1 atom stereocenters. The number of benzene rings is 2. The molecule has 0 radical (unpaired) electrons. The van der Waals surface area contributed by atoms with Crippen molar-refractivity contribution in [2.75, 3.05) is 17.8 Å². The molecule has 3 amide bonds. The minimum Gasteiger partial charge on any atom is -0.454 e. The molecule has 1 saturated heterocycles. The number of carbonyl (C=O) groups is 2. The van der Waals surface area contributed by atoms with Crippen molar-refractivity contribution in [2.45, 2.75) is 19.0 Å². The molecule has 0 spiro atoms. The molecule has 4 N–H and O–H groups in total. The van der Waals surface area contributed by atoms with Gasteiger partial charge in [0.05, 0.1) is 6.54 Å². The number of aromatic nitrogens is 3. The largest absolute Gasteiger partial charge is 0.454 e. The van der Waals surface area contributed by atoms with Gasteiger partial charge in [-0.1, -0.05) is 24.3 Å². The maximum absolute atomic E-state index is 13.3. The lowest BCUT2D eigenvalue weighted by Gasteiger charge is -2.22. The molecule has 1 unspecified atom stereocenters. The van der Waals surface area contributed by atoms with Crippen LogP contribution in [-0.2, 0) is 16.9 Å². The predicted octanol–water partition coefficient (Wildman–Crippen LogP) is 1.89. The SMILES string of the molecule is CC1(c2ccc3c(c2)OCO3)NC(=O)N(Cc2nc(N)nc(Nc3ccccc3)n2)C1=O. The Labute approximate surface area is 182 Å². The Kier molecular flexibility index (Phi) is 4.51. The van der Waals surface area contributed by atoms with Crippen LogP contribution in [0.25, 0.3) is 0 Å². The van der Waals surface area contributed by atoms with Crippen molar-refractivity contribution < 1.29 is 19.1 Å². The zero-order chi connectivity index (χ0) is 22.3. The molecule has 0 saturated carbocycles. The second-order valence-corrected chi connectivity index (χ2v) is 7.44. The number of ether oxygens (including phenoxy) is 2. The Morgan fingerprint density at radius 1 is 1.09 bits per heavy atom. The van der Waals surface area contributed by atoms with Gasteiger partial charge in [-0.05, 0) is 36.8 Å². The van der Waals surface area contributed by atoms with Gasteiger partial charge in [0.2, 0.25) is 18.7 Å². The van der Waals surface area contributed by atoms with E-state index in [9.17, 15) is 9.59 Å². The van der Waals surface area contributed by atoms with Crippen molar-refractivity contribution in [1.29, 1.82) is 0 Å². The summed E-state index contributed by atoms with van der Waals surface area (Å²) in [5, 5.41) is 5.78. The van der Waals surface area contributed by atoms with Gasteiger partial charge < -0.3 is 25.8 Å². The second-order valence-electron chi connectivity index (χ2n) is 7.44. The lowest BCUT2D eigenvalue weighted by atomic mass is 9.91. The number of amides is 3. The predicted molar refractivity (Wildman–Crippen MR) is 113 cm³/mol. The van der Waals surface area contributed by atoms with Crippen LogP contribution in [0.5, 0.6) is 11.5 Å². The zero-order valence-electron chi connectivity index (χ0n) is 17.0. The van der Waals surface area contributed by atoms with Gasteiger partial charge in [0.25, 0.3) is 5.91 Å². The number of para-hydroxylation sites is 1. The Morgan fingerprint density at radius 3 is 2.69 bits per heavy atom. The van der Waals surface area contributed by atoms with E-state index in [1.165, 1.54) is 0 Å². The molecule has 1 aromatic heterocycles. The van der Waals surface area contributed by atoms with Gasteiger partial charge in [0.15, 0.2) is 17.3 Å². The van der Waals surface area contributed by atoms with Crippen molar-refractivity contribution in [1.82, 2.24) is 25.2 Å². The van der Waals surface area contributed by atoms with Gasteiger partial charge in [-0.25, -0.2) is 4.79 Å². The summed E-state index contributed by atoms with van der Waals surface area (Å²) in [5.41, 5.74) is 5.88. The third kappa shape index (κ3) is 3.39. The molecule has 2 aromatic carbocycles. The monoisotopic (exact) mass is 433 g/mol. The third-order valence-electron chi connectivity index (χ3n) is 5.25. The minimum absolute atomic E-state index is 0.0287. The maximum atomic E-state index is 13.3. The van der Waals surface area contributed by atoms with E-state index in [4.69, 9.17) is 15.2 Å². The average Bonchev–Trinajstić information content (AvgIpc) is 3.32. The smallest absolute Gasteiger partial charge is 0.325 e. The molecule has 1 fully saturated rings. The van der Waals surface area contributed by atoms with Crippen molar-refractivity contribution in [3.8, 4) is 11.5 Å². The van der Waals surface area contributed by atoms with Gasteiger partial charge in [0, 0.05) is 5.69 Å². The number of hydrogen-bond donors (Lipinski definition) is 3. The average molecular weight is 433 g/mol. The Balaban J connectivity index is 1.39. The summed E-state index contributed by atoms with van der Waals surface area (Å²) in [6.45, 7) is 1.58. The molecule has 5 rings (SSSR count). The summed E-state index contributed by atoms with van der Waals surface area (Å²) in [7, 11) is 0. The minimum atomic E-state index is -1.28. The van der Waals surface area contributed by atoms with Crippen LogP contribution in [0.15, 0.2) is 48.5 Å². The highest BCUT2D eigenvalue weighted by Gasteiger charge is 2.49. The van der Waals surface area contributed by atoms with E-state index in [-0.39, 0.29) is 31.1 Å². The molecule has 2 aliphatic rings. The highest BCUT2D eigenvalue weighted by atomic mass is 16.7. The highest BCUT2D eigenvalue weighted by molar-refractivity contribution is 6.07. The summed E-state index contributed by atoms with van der Waals surface area (Å²) in [5.74, 6) is 1.02. The fourth-order valence-corrected chi connectivity index (χ4v) is 3.60. The molecule has 11 heteroatoms. The van der Waals surface area contributed by atoms with Crippen LogP contribution in [0, 0.1) is 0 Å². The van der Waals surface area contributed by atoms with Crippen LogP contribution >= 0.6 is 0 Å². The van der Waals surface area contributed by atoms with Crippen LogP contribution in [-0.4, -0.2) is 38.6 Å². The van der Waals surface area contributed by atoms with Crippen LogP contribution in [0.1, 0.15) is 18.3 Å². The first-order valence-corrected chi connectivity index (χ1v) is 9.79. The Hall–Kier alpha value is -4.41. The van der Waals surface area contributed by atoms with E-state index in [0.717, 1.165) is 10.6 Å². The number of rotatable bonds is 5. The van der Waals surface area contributed by atoms with Crippen LogP contribution in [0.3, 0.4) is 0 Å². The molecule has 162 valence electrons. The second kappa shape index (κ2) is 7.38. The van der Waals surface area contributed by atoms with Crippen molar-refractivity contribution in [2.24, 2.45) is 0 Å². The topological polar surface area (TPSA) is 145 Å². The normalized spacial score (nSPS) is 19.2. The highest BCUT2D eigenvalue weighted by Crippen LogP contribution is 2.38. The number of nitrogen functional groups attached to an aromatic ring is 1. The number of nitrogens with two attached hydrogens (primary N) is 1. The number of imide groups is 1. The first kappa shape index (κ1) is 19.5. The van der Waals surface area contributed by atoms with Crippen molar-refractivity contribution in [3.05, 3.63) is 59.9 Å². The van der Waals surface area contributed by atoms with E-state index in [1.54, 1.807) is 25.1 Å². The fourth-order valence-electron chi connectivity index (χ4n) is 3.60. The Morgan fingerprint density at radius 2 is 1.88 bits per heavy atom. The van der Waals surface area contributed by atoms with Crippen molar-refractivity contribution in [3.63, 3.8) is 0 Å². The summed E-state index contributed by atoms with van der Waals surface area (Å²) in [6.07, 6.45) is 0. The zero-order valence-corrected chi connectivity index (χ0v) is 17.0. The van der Waals surface area contributed by atoms with Gasteiger partial charge >= 0.3 is 6.03 Å². The molecule has 3 aromatic rings. The molecule has 0 bridgehead atoms. The van der Waals surface area contributed by atoms with Crippen LogP contribution < -0.4 is 25.8 Å². The van der Waals surface area contributed by atoms with Gasteiger partial charge in [-0.3, -0.25) is 9.69 Å². The Bertz CT molecular complexity index is 1220. The number of urea groups is 1. The van der Waals surface area contributed by atoms with Crippen LogP contribution in [0.2, 0.25) is 0 Å².